The summed E-state index contributed by atoms with van der Waals surface area (Å²) >= 11 is 0. The molecule has 1 heterocycles. The monoisotopic (exact) mass is 369 g/mol. The summed E-state index contributed by atoms with van der Waals surface area (Å²) < 4.78 is 32.4. The standard InChI is InChI=1S/C15H20BNO7S/c1-3-5-13(18)17-12-8-10-6-4-7-11(14(10)24-16(12)20)15(19)23-9-25(2,21)22/h4,6-7,12,20H,3,5,8-9H2,1-2H3,(H,17,18)/t12-/m0/s1. The average Bonchev–Trinajstić information content (AvgIpc) is 2.52. The van der Waals surface area contributed by atoms with Crippen molar-refractivity contribution in [3.05, 3.63) is 29.3 Å². The molecule has 136 valence electrons. The van der Waals surface area contributed by atoms with E-state index in [0.717, 1.165) is 6.26 Å². The van der Waals surface area contributed by atoms with Crippen molar-refractivity contribution in [2.45, 2.75) is 32.1 Å². The van der Waals surface area contributed by atoms with Gasteiger partial charge in [0.2, 0.25) is 5.91 Å². The number of ether oxygens (including phenoxy) is 1. The number of carbonyl (C=O) groups is 2. The Hall–Kier alpha value is -2.07. The molecule has 1 aromatic carbocycles. The Bertz CT molecular complexity index is 765. The number of fused-ring (bicyclic) bond motifs is 1. The molecule has 1 amide bonds. The molecule has 10 heteroatoms. The van der Waals surface area contributed by atoms with Gasteiger partial charge in [-0.25, -0.2) is 13.2 Å². The van der Waals surface area contributed by atoms with Crippen LogP contribution < -0.4 is 9.97 Å². The molecule has 0 aliphatic carbocycles. The van der Waals surface area contributed by atoms with Gasteiger partial charge in [0.25, 0.3) is 0 Å². The van der Waals surface area contributed by atoms with Gasteiger partial charge in [0, 0.05) is 12.7 Å². The first-order valence-electron chi connectivity index (χ1n) is 7.82. The van der Waals surface area contributed by atoms with Crippen molar-refractivity contribution in [1.82, 2.24) is 5.32 Å². The predicted molar refractivity (Wildman–Crippen MR) is 90.7 cm³/mol. The summed E-state index contributed by atoms with van der Waals surface area (Å²) in [5, 5.41) is 12.8. The molecule has 0 unspecified atom stereocenters. The number of amides is 1. The first kappa shape index (κ1) is 19.3. The van der Waals surface area contributed by atoms with Crippen LogP contribution in [0.3, 0.4) is 0 Å². The summed E-state index contributed by atoms with van der Waals surface area (Å²) in [6, 6.07) is 4.72. The van der Waals surface area contributed by atoms with Gasteiger partial charge in [-0.1, -0.05) is 19.1 Å². The average molecular weight is 369 g/mol. The van der Waals surface area contributed by atoms with E-state index in [-0.39, 0.29) is 23.6 Å². The second-order valence-corrected chi connectivity index (χ2v) is 7.99. The van der Waals surface area contributed by atoms with E-state index in [4.69, 9.17) is 9.39 Å². The molecule has 2 N–H and O–H groups in total. The van der Waals surface area contributed by atoms with Gasteiger partial charge in [0.15, 0.2) is 15.8 Å². The largest absolute Gasteiger partial charge is 0.547 e. The molecule has 0 radical (unpaired) electrons. The molecule has 8 nitrogen and oxygen atoms in total. The lowest BCUT2D eigenvalue weighted by Gasteiger charge is -2.29. The number of carbonyl (C=O) groups excluding carboxylic acids is 2. The predicted octanol–water partition coefficient (Wildman–Crippen LogP) is 0.0850. The SMILES string of the molecule is CCCC(=O)N[C@H]1Cc2cccc(C(=O)OCS(C)(=O)=O)c2OB1O. The van der Waals surface area contributed by atoms with Gasteiger partial charge in [-0.05, 0) is 24.5 Å². The summed E-state index contributed by atoms with van der Waals surface area (Å²) in [7, 11) is -4.79. The number of hydrogen-bond donors (Lipinski definition) is 2. The van der Waals surface area contributed by atoms with Crippen molar-refractivity contribution in [3.63, 3.8) is 0 Å². The van der Waals surface area contributed by atoms with Crippen molar-refractivity contribution >= 4 is 28.8 Å². The van der Waals surface area contributed by atoms with E-state index in [1.807, 2.05) is 6.92 Å². The van der Waals surface area contributed by atoms with Crippen molar-refractivity contribution in [2.24, 2.45) is 0 Å². The molecule has 0 bridgehead atoms. The Morgan fingerprint density at radius 3 is 2.80 bits per heavy atom. The lowest BCUT2D eigenvalue weighted by Crippen LogP contribution is -2.53. The van der Waals surface area contributed by atoms with E-state index >= 15 is 0 Å². The first-order valence-corrected chi connectivity index (χ1v) is 9.88. The van der Waals surface area contributed by atoms with E-state index in [9.17, 15) is 23.0 Å². The van der Waals surface area contributed by atoms with Crippen molar-refractivity contribution in [3.8, 4) is 5.75 Å². The zero-order chi connectivity index (χ0) is 18.6. The van der Waals surface area contributed by atoms with Gasteiger partial charge in [-0.2, -0.15) is 0 Å². The van der Waals surface area contributed by atoms with Crippen LogP contribution in [0.1, 0.15) is 35.7 Å². The maximum absolute atomic E-state index is 12.1. The topological polar surface area (TPSA) is 119 Å². The number of sulfone groups is 1. The highest BCUT2D eigenvalue weighted by Gasteiger charge is 2.37. The van der Waals surface area contributed by atoms with Gasteiger partial charge in [0.05, 0.1) is 5.94 Å². The van der Waals surface area contributed by atoms with E-state index in [1.165, 1.54) is 6.07 Å². The molecular weight excluding hydrogens is 349 g/mol. The second-order valence-electron chi connectivity index (χ2n) is 5.91. The highest BCUT2D eigenvalue weighted by molar-refractivity contribution is 7.90. The minimum atomic E-state index is -3.47. The Morgan fingerprint density at radius 1 is 1.44 bits per heavy atom. The van der Waals surface area contributed by atoms with E-state index in [1.54, 1.807) is 12.1 Å². The van der Waals surface area contributed by atoms with Crippen LogP contribution in [0, 0.1) is 0 Å². The molecule has 0 saturated heterocycles. The molecule has 2 rings (SSSR count). The smallest absolute Gasteiger partial charge is 0.534 e. The minimum Gasteiger partial charge on any atom is -0.534 e. The van der Waals surface area contributed by atoms with Gasteiger partial charge in [-0.3, -0.25) is 4.79 Å². The molecule has 1 aromatic rings. The van der Waals surface area contributed by atoms with Gasteiger partial charge >= 0.3 is 13.1 Å². The van der Waals surface area contributed by atoms with Gasteiger partial charge in [-0.15, -0.1) is 0 Å². The fourth-order valence-corrected chi connectivity index (χ4v) is 2.77. The van der Waals surface area contributed by atoms with Crippen LogP contribution in [0.4, 0.5) is 0 Å². The van der Waals surface area contributed by atoms with Gasteiger partial charge < -0.3 is 19.7 Å². The Morgan fingerprint density at radius 2 is 2.16 bits per heavy atom. The number of para-hydroxylation sites is 1. The summed E-state index contributed by atoms with van der Waals surface area (Å²) in [4.78, 5) is 23.8. The molecule has 0 fully saturated rings. The van der Waals surface area contributed by atoms with Crippen molar-refractivity contribution in [1.29, 1.82) is 0 Å². The number of esters is 1. The van der Waals surface area contributed by atoms with Crippen LogP contribution in [0.5, 0.6) is 5.75 Å². The Labute approximate surface area is 146 Å². The van der Waals surface area contributed by atoms with Crippen LogP contribution in [0.2, 0.25) is 0 Å². The molecule has 0 spiro atoms. The normalized spacial score (nSPS) is 16.6. The zero-order valence-electron chi connectivity index (χ0n) is 14.0. The second kappa shape index (κ2) is 7.88. The number of rotatable bonds is 6. The summed E-state index contributed by atoms with van der Waals surface area (Å²) in [6.07, 6.45) is 2.25. The van der Waals surface area contributed by atoms with Crippen LogP contribution in [-0.4, -0.2) is 50.6 Å². The number of benzene rings is 1. The lowest BCUT2D eigenvalue weighted by molar-refractivity contribution is -0.121. The molecule has 25 heavy (non-hydrogen) atoms. The zero-order valence-corrected chi connectivity index (χ0v) is 14.8. The van der Waals surface area contributed by atoms with Crippen molar-refractivity contribution < 1.29 is 32.4 Å². The fraction of sp³-hybridized carbons (Fsp3) is 0.467. The number of hydrogen-bond acceptors (Lipinski definition) is 7. The third-order valence-electron chi connectivity index (χ3n) is 3.57. The maximum atomic E-state index is 12.1. The summed E-state index contributed by atoms with van der Waals surface area (Å²) in [5.74, 6) is -2.29. The van der Waals surface area contributed by atoms with E-state index < -0.39 is 34.8 Å². The quantitative estimate of drug-likeness (QED) is 0.539. The van der Waals surface area contributed by atoms with Crippen LogP contribution in [0.15, 0.2) is 18.2 Å². The van der Waals surface area contributed by atoms with Crippen LogP contribution in [-0.2, 0) is 25.8 Å². The summed E-state index contributed by atoms with van der Waals surface area (Å²) in [6.45, 7) is 1.87. The summed E-state index contributed by atoms with van der Waals surface area (Å²) in [5.41, 5.74) is 0.638. The molecule has 1 aliphatic heterocycles. The molecule has 0 aromatic heterocycles. The van der Waals surface area contributed by atoms with Crippen LogP contribution in [0.25, 0.3) is 0 Å². The highest BCUT2D eigenvalue weighted by atomic mass is 32.2. The molecule has 1 atom stereocenters. The van der Waals surface area contributed by atoms with E-state index in [0.29, 0.717) is 18.4 Å². The Balaban J connectivity index is 2.17. The third-order valence-corrected chi connectivity index (χ3v) is 4.11. The fourth-order valence-electron chi connectivity index (χ4n) is 2.45. The lowest BCUT2D eigenvalue weighted by atomic mass is 9.72. The third kappa shape index (κ3) is 5.20. The van der Waals surface area contributed by atoms with E-state index in [2.05, 4.69) is 5.32 Å². The van der Waals surface area contributed by atoms with Crippen molar-refractivity contribution in [2.75, 3.05) is 12.2 Å². The maximum Gasteiger partial charge on any atom is 0.547 e. The Kier molecular flexibility index (Phi) is 6.07. The molecule has 0 saturated carbocycles. The first-order chi connectivity index (χ1) is 11.7. The van der Waals surface area contributed by atoms with Crippen LogP contribution >= 0.6 is 0 Å². The minimum absolute atomic E-state index is 0.0264. The highest BCUT2D eigenvalue weighted by Crippen LogP contribution is 2.30. The van der Waals surface area contributed by atoms with Gasteiger partial charge in [0.1, 0.15) is 11.3 Å². The molecule has 1 aliphatic rings. The number of nitrogens with one attached hydrogen (secondary N) is 1. The molecular formula is C15H20BNO7S.